The molecule has 5 heteroatoms. The molecule has 0 aliphatic carbocycles. The van der Waals surface area contributed by atoms with Gasteiger partial charge in [0.2, 0.25) is 0 Å². The summed E-state index contributed by atoms with van der Waals surface area (Å²) in [7, 11) is 0. The number of amides is 1. The van der Waals surface area contributed by atoms with Crippen LogP contribution in [0.5, 0.6) is 0 Å². The number of aromatic nitrogens is 1. The largest absolute Gasteiger partial charge is 0.360 e. The van der Waals surface area contributed by atoms with Gasteiger partial charge in [-0.25, -0.2) is 0 Å². The standard InChI is InChI=1S/C16H27N3O2/c1-10(2)19-8-11(3)13(9-19)17-15(20)12-7-14(21-18-12)16(4,5)6/h7,10-11,13H,8-9H2,1-6H3,(H,17,20)/t11-,13-/m1/s1. The molecule has 1 N–H and O–H groups in total. The first-order valence-electron chi connectivity index (χ1n) is 7.70. The van der Waals surface area contributed by atoms with Crippen LogP contribution in [-0.2, 0) is 5.41 Å². The lowest BCUT2D eigenvalue weighted by Crippen LogP contribution is -2.40. The summed E-state index contributed by atoms with van der Waals surface area (Å²) in [6.45, 7) is 14.6. The third kappa shape index (κ3) is 3.64. The Labute approximate surface area is 127 Å². The quantitative estimate of drug-likeness (QED) is 0.930. The van der Waals surface area contributed by atoms with E-state index in [9.17, 15) is 4.79 Å². The molecule has 0 saturated carbocycles. The van der Waals surface area contributed by atoms with Crippen molar-refractivity contribution in [2.24, 2.45) is 5.92 Å². The molecule has 0 aromatic carbocycles. The van der Waals surface area contributed by atoms with E-state index in [0.717, 1.165) is 18.8 Å². The molecule has 1 aromatic rings. The monoisotopic (exact) mass is 293 g/mol. The predicted molar refractivity (Wildman–Crippen MR) is 82.3 cm³/mol. The molecule has 2 heterocycles. The lowest BCUT2D eigenvalue weighted by Gasteiger charge is -2.20. The lowest BCUT2D eigenvalue weighted by molar-refractivity contribution is 0.0921. The molecular formula is C16H27N3O2. The van der Waals surface area contributed by atoms with E-state index < -0.39 is 0 Å². The first kappa shape index (κ1) is 16.0. The highest BCUT2D eigenvalue weighted by atomic mass is 16.5. The SMILES string of the molecule is CC(C)N1C[C@@H](C)[C@H](NC(=O)c2cc(C(C)(C)C)on2)C1. The Bertz CT molecular complexity index is 502. The summed E-state index contributed by atoms with van der Waals surface area (Å²) in [5.74, 6) is 1.04. The zero-order valence-corrected chi connectivity index (χ0v) is 13.9. The molecule has 1 saturated heterocycles. The van der Waals surface area contributed by atoms with Crippen molar-refractivity contribution in [3.8, 4) is 0 Å². The Hall–Kier alpha value is -1.36. The molecular weight excluding hydrogens is 266 g/mol. The maximum absolute atomic E-state index is 12.3. The second kappa shape index (κ2) is 5.79. The van der Waals surface area contributed by atoms with Gasteiger partial charge in [0.05, 0.1) is 0 Å². The van der Waals surface area contributed by atoms with Crippen molar-refractivity contribution in [2.75, 3.05) is 13.1 Å². The van der Waals surface area contributed by atoms with E-state index in [1.54, 1.807) is 6.07 Å². The summed E-state index contributed by atoms with van der Waals surface area (Å²) in [6, 6.07) is 2.43. The van der Waals surface area contributed by atoms with E-state index in [-0.39, 0.29) is 17.4 Å². The van der Waals surface area contributed by atoms with Crippen molar-refractivity contribution >= 4 is 5.91 Å². The second-order valence-electron chi connectivity index (χ2n) is 7.43. The molecule has 0 unspecified atom stereocenters. The number of hydrogen-bond acceptors (Lipinski definition) is 4. The normalized spacial score (nSPS) is 23.8. The first-order chi connectivity index (χ1) is 9.68. The Morgan fingerprint density at radius 2 is 2.10 bits per heavy atom. The topological polar surface area (TPSA) is 58.4 Å². The number of rotatable bonds is 3. The van der Waals surface area contributed by atoms with Gasteiger partial charge in [0.1, 0.15) is 5.76 Å². The fourth-order valence-electron chi connectivity index (χ4n) is 2.59. The van der Waals surface area contributed by atoms with Crippen molar-refractivity contribution in [1.82, 2.24) is 15.4 Å². The van der Waals surface area contributed by atoms with Gasteiger partial charge < -0.3 is 9.84 Å². The third-order valence-electron chi connectivity index (χ3n) is 4.17. The van der Waals surface area contributed by atoms with Crippen LogP contribution in [0.15, 0.2) is 10.6 Å². The summed E-state index contributed by atoms with van der Waals surface area (Å²) in [4.78, 5) is 14.7. The molecule has 0 bridgehead atoms. The smallest absolute Gasteiger partial charge is 0.273 e. The Balaban J connectivity index is 2.00. The fourth-order valence-corrected chi connectivity index (χ4v) is 2.59. The van der Waals surface area contributed by atoms with Gasteiger partial charge in [-0.2, -0.15) is 0 Å². The third-order valence-corrected chi connectivity index (χ3v) is 4.17. The minimum Gasteiger partial charge on any atom is -0.360 e. The van der Waals surface area contributed by atoms with Gasteiger partial charge in [-0.1, -0.05) is 32.9 Å². The average Bonchev–Trinajstić information content (AvgIpc) is 2.96. The summed E-state index contributed by atoms with van der Waals surface area (Å²) in [5, 5.41) is 6.99. The average molecular weight is 293 g/mol. The van der Waals surface area contributed by atoms with Crippen LogP contribution >= 0.6 is 0 Å². The van der Waals surface area contributed by atoms with Gasteiger partial charge >= 0.3 is 0 Å². The maximum Gasteiger partial charge on any atom is 0.273 e. The molecule has 118 valence electrons. The van der Waals surface area contributed by atoms with E-state index in [0.29, 0.717) is 17.7 Å². The summed E-state index contributed by atoms with van der Waals surface area (Å²) >= 11 is 0. The van der Waals surface area contributed by atoms with Crippen molar-refractivity contribution in [1.29, 1.82) is 0 Å². The van der Waals surface area contributed by atoms with Gasteiger partial charge in [0.15, 0.2) is 5.69 Å². The zero-order valence-electron chi connectivity index (χ0n) is 13.9. The number of carbonyl (C=O) groups excluding carboxylic acids is 1. The second-order valence-corrected chi connectivity index (χ2v) is 7.43. The number of carbonyl (C=O) groups is 1. The minimum absolute atomic E-state index is 0.138. The van der Waals surface area contributed by atoms with Crippen molar-refractivity contribution in [3.63, 3.8) is 0 Å². The minimum atomic E-state index is -0.142. The fraction of sp³-hybridized carbons (Fsp3) is 0.750. The van der Waals surface area contributed by atoms with Crippen LogP contribution in [0.3, 0.4) is 0 Å². The zero-order chi connectivity index (χ0) is 15.8. The predicted octanol–water partition coefficient (Wildman–Crippen LogP) is 2.43. The summed E-state index contributed by atoms with van der Waals surface area (Å²) < 4.78 is 5.28. The van der Waals surface area contributed by atoms with Gasteiger partial charge in [-0.05, 0) is 19.8 Å². The molecule has 0 radical (unpaired) electrons. The molecule has 1 aliphatic rings. The van der Waals surface area contributed by atoms with Crippen molar-refractivity contribution in [2.45, 2.75) is 59.0 Å². The molecule has 5 nitrogen and oxygen atoms in total. The molecule has 1 aromatic heterocycles. The number of likely N-dealkylation sites (tertiary alicyclic amines) is 1. The highest BCUT2D eigenvalue weighted by Crippen LogP contribution is 2.23. The Morgan fingerprint density at radius 3 is 2.57 bits per heavy atom. The Kier molecular flexibility index (Phi) is 4.42. The molecule has 21 heavy (non-hydrogen) atoms. The highest BCUT2D eigenvalue weighted by molar-refractivity contribution is 5.92. The molecule has 1 fully saturated rings. The number of nitrogens with zero attached hydrogens (tertiary/aromatic N) is 2. The first-order valence-corrected chi connectivity index (χ1v) is 7.70. The highest BCUT2D eigenvalue weighted by Gasteiger charge is 2.32. The number of hydrogen-bond donors (Lipinski definition) is 1. The van der Waals surface area contributed by atoms with E-state index in [1.807, 2.05) is 20.8 Å². The van der Waals surface area contributed by atoms with Crippen LogP contribution in [0.2, 0.25) is 0 Å². The van der Waals surface area contributed by atoms with Gasteiger partial charge in [0, 0.05) is 36.7 Å². The van der Waals surface area contributed by atoms with E-state index in [4.69, 9.17) is 4.52 Å². The van der Waals surface area contributed by atoms with Crippen molar-refractivity contribution < 1.29 is 9.32 Å². The van der Waals surface area contributed by atoms with Gasteiger partial charge in [-0.15, -0.1) is 0 Å². The molecule has 1 amide bonds. The maximum atomic E-state index is 12.3. The van der Waals surface area contributed by atoms with Crippen molar-refractivity contribution in [3.05, 3.63) is 17.5 Å². The van der Waals surface area contributed by atoms with Crippen LogP contribution in [0, 0.1) is 5.92 Å². The molecule has 1 aliphatic heterocycles. The number of nitrogens with one attached hydrogen (secondary N) is 1. The van der Waals surface area contributed by atoms with E-state index >= 15 is 0 Å². The van der Waals surface area contributed by atoms with Crippen LogP contribution in [0.1, 0.15) is 57.8 Å². The molecule has 2 atom stereocenters. The lowest BCUT2D eigenvalue weighted by atomic mass is 9.93. The summed E-state index contributed by atoms with van der Waals surface area (Å²) in [5.41, 5.74) is 0.232. The van der Waals surface area contributed by atoms with E-state index in [1.165, 1.54) is 0 Å². The van der Waals surface area contributed by atoms with Crippen LogP contribution < -0.4 is 5.32 Å². The van der Waals surface area contributed by atoms with Gasteiger partial charge in [-0.3, -0.25) is 9.69 Å². The molecule has 2 rings (SSSR count). The Morgan fingerprint density at radius 1 is 1.43 bits per heavy atom. The molecule has 0 spiro atoms. The van der Waals surface area contributed by atoms with Gasteiger partial charge in [0.25, 0.3) is 5.91 Å². The van der Waals surface area contributed by atoms with Crippen LogP contribution in [0.25, 0.3) is 0 Å². The summed E-state index contributed by atoms with van der Waals surface area (Å²) in [6.07, 6.45) is 0. The van der Waals surface area contributed by atoms with Crippen LogP contribution in [0.4, 0.5) is 0 Å². The van der Waals surface area contributed by atoms with Crippen LogP contribution in [-0.4, -0.2) is 41.1 Å². The van der Waals surface area contributed by atoms with E-state index in [2.05, 4.69) is 36.1 Å².